The van der Waals surface area contributed by atoms with Crippen LogP contribution < -0.4 is 5.73 Å². The highest BCUT2D eigenvalue weighted by atomic mass is 35.5. The highest BCUT2D eigenvalue weighted by Crippen LogP contribution is 2.54. The Hall–Kier alpha value is -3.56. The first-order chi connectivity index (χ1) is 15.0. The van der Waals surface area contributed by atoms with E-state index in [9.17, 15) is 15.8 Å². The Morgan fingerprint density at radius 1 is 1.06 bits per heavy atom. The average Bonchev–Trinajstić information content (AvgIpc) is 2.79. The van der Waals surface area contributed by atoms with Crippen molar-refractivity contribution in [3.8, 4) is 18.2 Å². The number of halogens is 1. The van der Waals surface area contributed by atoms with Gasteiger partial charge in [0.2, 0.25) is 0 Å². The summed E-state index contributed by atoms with van der Waals surface area (Å²) in [6.07, 6.45) is 2.01. The molecule has 1 heterocycles. The third-order valence-corrected chi connectivity index (χ3v) is 6.43. The average molecular weight is 426 g/mol. The van der Waals surface area contributed by atoms with Crippen molar-refractivity contribution in [1.29, 1.82) is 15.8 Å². The second-order valence-electron chi connectivity index (χ2n) is 7.91. The van der Waals surface area contributed by atoms with Crippen LogP contribution in [0.5, 0.6) is 0 Å². The summed E-state index contributed by atoms with van der Waals surface area (Å²) in [5, 5.41) is 30.7. The lowest BCUT2D eigenvalue weighted by Crippen LogP contribution is -2.47. The van der Waals surface area contributed by atoms with E-state index in [1.807, 2.05) is 36.4 Å². The molecule has 4 rings (SSSR count). The monoisotopic (exact) mass is 425 g/mol. The van der Waals surface area contributed by atoms with E-state index in [0.29, 0.717) is 18.1 Å². The van der Waals surface area contributed by atoms with Crippen LogP contribution in [0.1, 0.15) is 17.0 Å². The summed E-state index contributed by atoms with van der Waals surface area (Å²) in [6.45, 7) is 1.99. The van der Waals surface area contributed by atoms with E-state index >= 15 is 0 Å². The normalized spacial score (nSPS) is 22.5. The van der Waals surface area contributed by atoms with Crippen LogP contribution in [0.3, 0.4) is 0 Å². The molecule has 1 aliphatic heterocycles. The Kier molecular flexibility index (Phi) is 5.53. The molecule has 0 aromatic heterocycles. The molecule has 2 aliphatic rings. The summed E-state index contributed by atoms with van der Waals surface area (Å²) < 4.78 is 0. The number of fused-ring (bicyclic) bond motifs is 1. The van der Waals surface area contributed by atoms with Gasteiger partial charge in [-0.2, -0.15) is 15.8 Å². The van der Waals surface area contributed by atoms with E-state index in [0.717, 1.165) is 17.7 Å². The summed E-state index contributed by atoms with van der Waals surface area (Å²) >= 11 is 6.26. The summed E-state index contributed by atoms with van der Waals surface area (Å²) in [5.41, 5.74) is 7.75. The third kappa shape index (κ3) is 3.47. The number of nitrogens with zero attached hydrogens (tertiary/aromatic N) is 4. The molecule has 2 N–H and O–H groups in total. The van der Waals surface area contributed by atoms with Gasteiger partial charge in [-0.1, -0.05) is 60.1 Å². The van der Waals surface area contributed by atoms with Crippen molar-refractivity contribution in [2.45, 2.75) is 12.5 Å². The largest absolute Gasteiger partial charge is 0.399 e. The van der Waals surface area contributed by atoms with E-state index in [-0.39, 0.29) is 17.2 Å². The molecule has 0 fully saturated rings. The molecule has 0 amide bonds. The van der Waals surface area contributed by atoms with Gasteiger partial charge in [-0.05, 0) is 28.8 Å². The van der Waals surface area contributed by atoms with Crippen LogP contribution in [0.15, 0.2) is 77.5 Å². The van der Waals surface area contributed by atoms with Gasteiger partial charge in [-0.25, -0.2) is 0 Å². The molecule has 2 unspecified atom stereocenters. The van der Waals surface area contributed by atoms with Gasteiger partial charge in [-0.3, -0.25) is 4.90 Å². The molecule has 2 atom stereocenters. The van der Waals surface area contributed by atoms with E-state index in [1.165, 1.54) is 5.56 Å². The molecule has 0 spiro atoms. The fraction of sp³-hybridized carbons (Fsp3) is 0.240. The maximum Gasteiger partial charge on any atom is 0.191 e. The number of nitriles is 3. The predicted octanol–water partition coefficient (Wildman–Crippen LogP) is 4.27. The third-order valence-electron chi connectivity index (χ3n) is 6.20. The Labute approximate surface area is 186 Å². The zero-order chi connectivity index (χ0) is 22.0. The number of allylic oxidation sites excluding steroid dienone is 2. The van der Waals surface area contributed by atoms with Crippen molar-refractivity contribution < 1.29 is 0 Å². The van der Waals surface area contributed by atoms with E-state index in [1.54, 1.807) is 12.1 Å². The van der Waals surface area contributed by atoms with E-state index < -0.39 is 11.3 Å². The zero-order valence-corrected chi connectivity index (χ0v) is 17.5. The van der Waals surface area contributed by atoms with Gasteiger partial charge in [0.25, 0.3) is 0 Å². The van der Waals surface area contributed by atoms with E-state index in [2.05, 4.69) is 35.2 Å². The molecule has 0 bridgehead atoms. The number of hydrogen-bond donors (Lipinski definition) is 1. The minimum atomic E-state index is -1.65. The SMILES string of the molecule is N#CC1=C(N)C(C#N)(C#N)C(c2cccc(Cl)c2)C2CN(Cc3ccccc3)CC=C12. The second-order valence-corrected chi connectivity index (χ2v) is 8.35. The maximum atomic E-state index is 10.2. The molecular formula is C25H20ClN5. The predicted molar refractivity (Wildman–Crippen MR) is 118 cm³/mol. The van der Waals surface area contributed by atoms with Gasteiger partial charge in [0.1, 0.15) is 6.07 Å². The molecule has 0 radical (unpaired) electrons. The first kappa shape index (κ1) is 20.7. The number of nitrogens with two attached hydrogens (primary N) is 1. The Morgan fingerprint density at radius 3 is 2.45 bits per heavy atom. The van der Waals surface area contributed by atoms with Gasteiger partial charge in [0.05, 0.1) is 23.4 Å². The van der Waals surface area contributed by atoms with Crippen LogP contribution in [-0.4, -0.2) is 18.0 Å². The van der Waals surface area contributed by atoms with Crippen LogP contribution in [0.4, 0.5) is 0 Å². The minimum Gasteiger partial charge on any atom is -0.399 e. The lowest BCUT2D eigenvalue weighted by molar-refractivity contribution is 0.201. The highest BCUT2D eigenvalue weighted by molar-refractivity contribution is 6.30. The lowest BCUT2D eigenvalue weighted by atomic mass is 9.58. The Bertz CT molecular complexity index is 1180. The standard InChI is InChI=1S/C25H20ClN5/c26-19-8-4-7-18(11-19)23-22-14-31(13-17-5-2-1-3-6-17)10-9-20(22)21(12-27)24(30)25(23,15-28)16-29/h1-9,11,22-23H,10,13-14,30H2. The number of hydrogen-bond acceptors (Lipinski definition) is 5. The molecule has 2 aromatic carbocycles. The molecular weight excluding hydrogens is 406 g/mol. The molecule has 31 heavy (non-hydrogen) atoms. The molecule has 152 valence electrons. The van der Waals surface area contributed by atoms with Gasteiger partial charge < -0.3 is 5.73 Å². The van der Waals surface area contributed by atoms with Crippen molar-refractivity contribution in [3.05, 3.63) is 93.7 Å². The summed E-state index contributed by atoms with van der Waals surface area (Å²) in [4.78, 5) is 2.26. The molecule has 2 aromatic rings. The van der Waals surface area contributed by atoms with Crippen molar-refractivity contribution in [2.24, 2.45) is 17.1 Å². The van der Waals surface area contributed by atoms with Crippen molar-refractivity contribution in [2.75, 3.05) is 13.1 Å². The second kappa shape index (κ2) is 8.29. The Morgan fingerprint density at radius 2 is 1.81 bits per heavy atom. The van der Waals surface area contributed by atoms with Gasteiger partial charge in [0, 0.05) is 36.5 Å². The van der Waals surface area contributed by atoms with Crippen molar-refractivity contribution in [1.82, 2.24) is 4.90 Å². The van der Waals surface area contributed by atoms with Crippen LogP contribution in [0, 0.1) is 45.3 Å². The van der Waals surface area contributed by atoms with Gasteiger partial charge in [-0.15, -0.1) is 0 Å². The first-order valence-corrected chi connectivity index (χ1v) is 10.4. The summed E-state index contributed by atoms with van der Waals surface area (Å²) in [6, 6.07) is 23.8. The van der Waals surface area contributed by atoms with Crippen LogP contribution in [0.2, 0.25) is 5.02 Å². The number of benzene rings is 2. The summed E-state index contributed by atoms with van der Waals surface area (Å²) in [7, 11) is 0. The first-order valence-electron chi connectivity index (χ1n) is 9.99. The fourth-order valence-corrected chi connectivity index (χ4v) is 4.99. The Balaban J connectivity index is 1.85. The van der Waals surface area contributed by atoms with Crippen LogP contribution in [-0.2, 0) is 6.54 Å². The highest BCUT2D eigenvalue weighted by Gasteiger charge is 2.54. The number of rotatable bonds is 3. The molecule has 1 aliphatic carbocycles. The molecule has 6 heteroatoms. The molecule has 0 saturated heterocycles. The van der Waals surface area contributed by atoms with E-state index in [4.69, 9.17) is 17.3 Å². The van der Waals surface area contributed by atoms with Gasteiger partial charge >= 0.3 is 0 Å². The topological polar surface area (TPSA) is 101 Å². The van der Waals surface area contributed by atoms with Crippen LogP contribution in [0.25, 0.3) is 0 Å². The fourth-order valence-electron chi connectivity index (χ4n) is 4.79. The van der Waals surface area contributed by atoms with Gasteiger partial charge in [0.15, 0.2) is 5.41 Å². The molecule has 0 saturated carbocycles. The molecule has 5 nitrogen and oxygen atoms in total. The summed E-state index contributed by atoms with van der Waals surface area (Å²) in [5.74, 6) is -0.777. The smallest absolute Gasteiger partial charge is 0.191 e. The van der Waals surface area contributed by atoms with Crippen LogP contribution >= 0.6 is 11.6 Å². The lowest BCUT2D eigenvalue weighted by Gasteiger charge is -2.45. The zero-order valence-electron chi connectivity index (χ0n) is 16.8. The maximum absolute atomic E-state index is 10.2. The minimum absolute atomic E-state index is 0.0315. The van der Waals surface area contributed by atoms with Crippen molar-refractivity contribution in [3.63, 3.8) is 0 Å². The quantitative estimate of drug-likeness (QED) is 0.791. The van der Waals surface area contributed by atoms with Crippen molar-refractivity contribution >= 4 is 11.6 Å².